The molecule has 74 heavy (non-hydrogen) atoms. The van der Waals surface area contributed by atoms with Gasteiger partial charge in [0.25, 0.3) is 0 Å². The van der Waals surface area contributed by atoms with Gasteiger partial charge in [-0.15, -0.1) is 0 Å². The summed E-state index contributed by atoms with van der Waals surface area (Å²) in [5, 5.41) is 30.3. The largest absolute Gasteiger partial charge is 0.871 e. The van der Waals surface area contributed by atoms with Crippen molar-refractivity contribution in [3.05, 3.63) is 266 Å². The Kier molecular flexibility index (Phi) is 16.8. The van der Waals surface area contributed by atoms with Crippen LogP contribution in [0.5, 0.6) is 23.3 Å². The first-order valence-corrected chi connectivity index (χ1v) is 25.0. The molecule has 368 valence electrons. The molecule has 0 aliphatic carbocycles. The SMILES string of the molecule is CCO[n+]1ccccc1Oc1c2ccccc2cc2ccccc12.CCO[n+]1ccccc1Oc1c2ccccc2cc2ccccc12.[O-]B([O-])OCCCC(c1ccccc1)(c1ccccc1)c1ccccc1. The predicted molar refractivity (Wildman–Crippen MR) is 291 cm³/mol. The highest BCUT2D eigenvalue weighted by molar-refractivity contribution is 6.28. The fraction of sp³-hybridized carbons (Fsp3) is 0.125. The topological polar surface area (TPSA) is 100 Å². The standard InChI is InChI=1S/C22H21BO3.2C21H18NO2/c24-23(25)26-18-10-17-22(19-11-4-1-5-12-19,20-13-6-2-7-14-20)21-15-8-3-9-16-21;2*1-2-23-22-14-8-7-13-20(22)24-21-18-11-5-3-9-16(18)15-17-10-4-6-12-19(17)21/h1-9,11-16H,10,17-18H2;2*3-15H,2H2,1H3/q-2;2*+1. The molecule has 0 bridgehead atoms. The Balaban J connectivity index is 0.000000136. The third-order valence-corrected chi connectivity index (χ3v) is 12.7. The first kappa shape index (κ1) is 50.4. The quantitative estimate of drug-likeness (QED) is 0.0312. The van der Waals surface area contributed by atoms with Gasteiger partial charge in [-0.25, -0.2) is 0 Å². The van der Waals surface area contributed by atoms with Crippen LogP contribution in [-0.4, -0.2) is 27.1 Å². The van der Waals surface area contributed by atoms with Gasteiger partial charge < -0.3 is 24.2 Å². The summed E-state index contributed by atoms with van der Waals surface area (Å²) in [5.41, 5.74) is 3.17. The number of benzene rings is 9. The molecule has 9 nitrogen and oxygen atoms in total. The van der Waals surface area contributed by atoms with Gasteiger partial charge in [-0.1, -0.05) is 188 Å². The van der Waals surface area contributed by atoms with E-state index in [2.05, 4.69) is 97.1 Å². The van der Waals surface area contributed by atoms with Gasteiger partial charge in [0.15, 0.2) is 13.2 Å². The second kappa shape index (κ2) is 24.7. The number of nitrogens with zero attached hydrogens (tertiary/aromatic N) is 2. The van der Waals surface area contributed by atoms with E-state index in [0.29, 0.717) is 31.4 Å². The molecule has 0 fully saturated rings. The van der Waals surface area contributed by atoms with Crippen molar-refractivity contribution in [3.63, 3.8) is 0 Å². The van der Waals surface area contributed by atoms with E-state index in [4.69, 9.17) is 23.8 Å². The van der Waals surface area contributed by atoms with Crippen molar-refractivity contribution in [2.75, 3.05) is 19.8 Å². The summed E-state index contributed by atoms with van der Waals surface area (Å²) >= 11 is 0. The molecule has 9 aromatic carbocycles. The molecule has 10 heteroatoms. The van der Waals surface area contributed by atoms with Gasteiger partial charge in [0.1, 0.15) is 11.5 Å². The third-order valence-electron chi connectivity index (χ3n) is 12.7. The zero-order valence-corrected chi connectivity index (χ0v) is 41.5. The van der Waals surface area contributed by atoms with E-state index in [0.717, 1.165) is 61.0 Å². The molecule has 0 aliphatic heterocycles. The maximum absolute atomic E-state index is 10.7. The lowest BCUT2D eigenvalue weighted by atomic mass is 9.67. The number of ether oxygens (including phenoxy) is 2. The Hall–Kier alpha value is -8.54. The monoisotopic (exact) mass is 976 g/mol. The van der Waals surface area contributed by atoms with E-state index in [1.165, 1.54) is 16.7 Å². The fourth-order valence-corrected chi connectivity index (χ4v) is 9.47. The lowest BCUT2D eigenvalue weighted by molar-refractivity contribution is -0.892. The van der Waals surface area contributed by atoms with Gasteiger partial charge in [0, 0.05) is 55.2 Å². The van der Waals surface area contributed by atoms with Gasteiger partial charge in [0.2, 0.25) is 12.4 Å². The number of pyridine rings is 2. The molecule has 0 radical (unpaired) electrons. The van der Waals surface area contributed by atoms with Crippen molar-refractivity contribution in [2.45, 2.75) is 32.1 Å². The molecular formula is C64H57BN2O7. The van der Waals surface area contributed by atoms with Gasteiger partial charge in [-0.3, -0.25) is 9.68 Å². The van der Waals surface area contributed by atoms with Crippen LogP contribution >= 0.6 is 0 Å². The number of hydrogen-bond acceptors (Lipinski definition) is 7. The van der Waals surface area contributed by atoms with Crippen LogP contribution in [0.4, 0.5) is 0 Å². The first-order chi connectivity index (χ1) is 36.5. The molecule has 0 amide bonds. The summed E-state index contributed by atoms with van der Waals surface area (Å²) < 4.78 is 20.7. The van der Waals surface area contributed by atoms with Crippen molar-refractivity contribution in [3.8, 4) is 23.3 Å². The highest BCUT2D eigenvalue weighted by atomic mass is 16.7. The van der Waals surface area contributed by atoms with Gasteiger partial charge in [0.05, 0.1) is 19.5 Å². The lowest BCUT2D eigenvalue weighted by Crippen LogP contribution is -2.48. The highest BCUT2D eigenvalue weighted by Gasteiger charge is 2.35. The average molecular weight is 977 g/mol. The zero-order valence-electron chi connectivity index (χ0n) is 41.5. The van der Waals surface area contributed by atoms with Crippen molar-refractivity contribution in [1.29, 1.82) is 0 Å². The molecule has 0 aliphatic rings. The Morgan fingerprint density at radius 3 is 1.07 bits per heavy atom. The molecule has 0 saturated carbocycles. The molecule has 2 heterocycles. The molecular weight excluding hydrogens is 920 g/mol. The van der Waals surface area contributed by atoms with Crippen molar-refractivity contribution >= 4 is 50.4 Å². The number of hydrogen-bond donors (Lipinski definition) is 0. The summed E-state index contributed by atoms with van der Waals surface area (Å²) in [5.74, 6) is 3.01. The molecule has 0 atom stereocenters. The third kappa shape index (κ3) is 11.7. The van der Waals surface area contributed by atoms with E-state index in [9.17, 15) is 10.0 Å². The van der Waals surface area contributed by atoms with Gasteiger partial charge in [-0.2, -0.15) is 0 Å². The van der Waals surface area contributed by atoms with Crippen LogP contribution in [0.2, 0.25) is 0 Å². The highest BCUT2D eigenvalue weighted by Crippen LogP contribution is 2.43. The van der Waals surface area contributed by atoms with E-state index < -0.39 is 7.32 Å². The van der Waals surface area contributed by atoms with Crippen molar-refractivity contribution in [2.24, 2.45) is 0 Å². The van der Waals surface area contributed by atoms with Crippen LogP contribution in [0.3, 0.4) is 0 Å². The van der Waals surface area contributed by atoms with Crippen LogP contribution in [0.25, 0.3) is 43.1 Å². The van der Waals surface area contributed by atoms with Crippen molar-refractivity contribution in [1.82, 2.24) is 0 Å². The van der Waals surface area contributed by atoms with E-state index in [-0.39, 0.29) is 12.0 Å². The van der Waals surface area contributed by atoms with Crippen LogP contribution in [0, 0.1) is 0 Å². The normalized spacial score (nSPS) is 11.0. The molecule has 11 rings (SSSR count). The Morgan fingerprint density at radius 2 is 0.730 bits per heavy atom. The maximum Gasteiger partial charge on any atom is 0.422 e. The molecule has 11 aromatic rings. The maximum atomic E-state index is 10.7. The number of aromatic nitrogens is 2. The van der Waals surface area contributed by atoms with Crippen LogP contribution in [0.15, 0.2) is 249 Å². The summed E-state index contributed by atoms with van der Waals surface area (Å²) in [6, 6.07) is 80.1. The lowest BCUT2D eigenvalue weighted by Gasteiger charge is -2.37. The minimum absolute atomic E-state index is 0.159. The molecule has 0 unspecified atom stereocenters. The number of fused-ring (bicyclic) bond motifs is 4. The van der Waals surface area contributed by atoms with Crippen molar-refractivity contribution < 1.29 is 43.3 Å². The molecule has 2 aromatic heterocycles. The fourth-order valence-electron chi connectivity index (χ4n) is 9.47. The average Bonchev–Trinajstić information content (AvgIpc) is 3.45. The van der Waals surface area contributed by atoms with Gasteiger partial charge in [-0.05, 0) is 89.2 Å². The van der Waals surface area contributed by atoms with Crippen LogP contribution < -0.4 is 38.7 Å². The Labute approximate surface area is 432 Å². The Bertz CT molecular complexity index is 3170. The van der Waals surface area contributed by atoms with E-state index in [1.54, 1.807) is 9.46 Å². The van der Waals surface area contributed by atoms with E-state index in [1.807, 2.05) is 166 Å². The minimum atomic E-state index is -2.23. The minimum Gasteiger partial charge on any atom is -0.871 e. The summed E-state index contributed by atoms with van der Waals surface area (Å²) in [7, 11) is -2.23. The van der Waals surface area contributed by atoms with Crippen LogP contribution in [0.1, 0.15) is 43.4 Å². The number of rotatable bonds is 16. The molecule has 0 N–H and O–H groups in total. The molecule has 0 saturated heterocycles. The van der Waals surface area contributed by atoms with Gasteiger partial charge >= 0.3 is 11.8 Å². The van der Waals surface area contributed by atoms with Crippen LogP contribution in [-0.2, 0) is 10.1 Å². The smallest absolute Gasteiger partial charge is 0.422 e. The summed E-state index contributed by atoms with van der Waals surface area (Å²) in [6.07, 6.45) is 5.05. The molecule has 0 spiro atoms. The Morgan fingerprint density at radius 1 is 0.405 bits per heavy atom. The zero-order chi connectivity index (χ0) is 51.0. The summed E-state index contributed by atoms with van der Waals surface area (Å²) in [4.78, 5) is 11.3. The van der Waals surface area contributed by atoms with E-state index >= 15 is 0 Å². The summed E-state index contributed by atoms with van der Waals surface area (Å²) in [6.45, 7) is 5.21. The first-order valence-electron chi connectivity index (χ1n) is 25.0. The predicted octanol–water partition coefficient (Wildman–Crippen LogP) is 11.6. The second-order valence-corrected chi connectivity index (χ2v) is 17.3. The second-order valence-electron chi connectivity index (χ2n) is 17.3.